The van der Waals surface area contributed by atoms with Gasteiger partial charge in [-0.25, -0.2) is 0 Å². The molecule has 4 fully saturated rings. The number of oxime groups is 1. The van der Waals surface area contributed by atoms with E-state index in [1.807, 2.05) is 0 Å². The van der Waals surface area contributed by atoms with E-state index in [0.29, 0.717) is 17.3 Å². The summed E-state index contributed by atoms with van der Waals surface area (Å²) in [6.07, 6.45) is 15.2. The van der Waals surface area contributed by atoms with Gasteiger partial charge in [-0.2, -0.15) is 0 Å². The van der Waals surface area contributed by atoms with E-state index in [-0.39, 0.29) is 5.41 Å². The monoisotopic (exact) mass is 329 g/mol. The van der Waals surface area contributed by atoms with Crippen molar-refractivity contribution in [3.8, 4) is 12.3 Å². The summed E-state index contributed by atoms with van der Waals surface area (Å²) in [5, 5.41) is 23.7. The number of fused-ring (bicyclic) bond motifs is 5. The van der Waals surface area contributed by atoms with E-state index in [1.54, 1.807) is 0 Å². The van der Waals surface area contributed by atoms with Gasteiger partial charge in [-0.3, -0.25) is 0 Å². The Morgan fingerprint density at radius 2 is 1.88 bits per heavy atom. The third-order valence-electron chi connectivity index (χ3n) is 8.86. The molecule has 0 aromatic carbocycles. The van der Waals surface area contributed by atoms with Crippen LogP contribution in [0.2, 0.25) is 0 Å². The average molecular weight is 329 g/mol. The van der Waals surface area contributed by atoms with Crippen LogP contribution in [0, 0.1) is 46.8 Å². The van der Waals surface area contributed by atoms with Crippen LogP contribution in [0.5, 0.6) is 0 Å². The lowest BCUT2D eigenvalue weighted by Crippen LogP contribution is -2.55. The van der Waals surface area contributed by atoms with Crippen LogP contribution in [-0.2, 0) is 0 Å². The number of hydrogen-bond donors (Lipinski definition) is 2. The molecule has 4 aliphatic carbocycles. The van der Waals surface area contributed by atoms with Crippen molar-refractivity contribution in [3.05, 3.63) is 0 Å². The molecule has 0 aliphatic heterocycles. The van der Waals surface area contributed by atoms with E-state index in [2.05, 4.69) is 24.9 Å². The topological polar surface area (TPSA) is 52.8 Å². The standard InChI is InChI=1S/C21H31NO2/c1-4-21(23)12-11-19(2)14(13-21)5-6-15-16-7-8-18(22-24)20(16,3)10-9-17(15)19/h1,14-17,23-24H,5-13H2,2-3H3/b22-18-/t14?,15?,16?,17?,19-,20-,21-/m0/s1. The molecule has 0 spiro atoms. The Morgan fingerprint density at radius 1 is 1.08 bits per heavy atom. The van der Waals surface area contributed by atoms with Crippen molar-refractivity contribution in [2.24, 2.45) is 39.7 Å². The van der Waals surface area contributed by atoms with E-state index in [0.717, 1.165) is 49.7 Å². The van der Waals surface area contributed by atoms with Crippen LogP contribution in [-0.4, -0.2) is 21.6 Å². The van der Waals surface area contributed by atoms with Gasteiger partial charge in [0, 0.05) is 5.41 Å². The normalized spacial score (nSPS) is 55.3. The van der Waals surface area contributed by atoms with Gasteiger partial charge < -0.3 is 10.3 Å². The predicted octanol–water partition coefficient (Wildman–Crippen LogP) is 4.22. The number of terminal acetylenes is 1. The fourth-order valence-electron chi connectivity index (χ4n) is 7.33. The molecule has 0 bridgehead atoms. The molecule has 0 radical (unpaired) electrons. The van der Waals surface area contributed by atoms with Gasteiger partial charge in [0.25, 0.3) is 0 Å². The van der Waals surface area contributed by atoms with Crippen molar-refractivity contribution in [2.75, 3.05) is 0 Å². The maximum absolute atomic E-state index is 10.6. The van der Waals surface area contributed by atoms with Crippen molar-refractivity contribution in [2.45, 2.75) is 77.2 Å². The Bertz CT molecular complexity index is 607. The van der Waals surface area contributed by atoms with Gasteiger partial charge in [0.1, 0.15) is 5.60 Å². The first-order valence-corrected chi connectivity index (χ1v) is 9.78. The molecule has 0 saturated heterocycles. The van der Waals surface area contributed by atoms with Crippen molar-refractivity contribution in [1.82, 2.24) is 0 Å². The lowest BCUT2D eigenvalue weighted by molar-refractivity contribution is -0.127. The van der Waals surface area contributed by atoms with Crippen LogP contribution in [0.3, 0.4) is 0 Å². The third kappa shape index (κ3) is 2.05. The fourth-order valence-corrected chi connectivity index (χ4v) is 7.33. The molecular formula is C21H31NO2. The van der Waals surface area contributed by atoms with Gasteiger partial charge in [0.05, 0.1) is 5.71 Å². The Hall–Kier alpha value is -1.01. The second kappa shape index (κ2) is 5.24. The summed E-state index contributed by atoms with van der Waals surface area (Å²) in [6.45, 7) is 4.81. The Kier molecular flexibility index (Phi) is 3.59. The maximum Gasteiger partial charge on any atom is 0.125 e. The largest absolute Gasteiger partial charge is 0.411 e. The Morgan fingerprint density at radius 3 is 2.58 bits per heavy atom. The first kappa shape index (κ1) is 16.5. The van der Waals surface area contributed by atoms with Crippen LogP contribution in [0.15, 0.2) is 5.16 Å². The highest BCUT2D eigenvalue weighted by Crippen LogP contribution is 2.66. The first-order chi connectivity index (χ1) is 11.4. The van der Waals surface area contributed by atoms with Gasteiger partial charge in [0.15, 0.2) is 0 Å². The molecular weight excluding hydrogens is 298 g/mol. The summed E-state index contributed by atoms with van der Waals surface area (Å²) in [6, 6.07) is 0. The summed E-state index contributed by atoms with van der Waals surface area (Å²) in [7, 11) is 0. The zero-order valence-electron chi connectivity index (χ0n) is 15.1. The number of hydrogen-bond acceptors (Lipinski definition) is 3. The maximum atomic E-state index is 10.6. The molecule has 0 aromatic heterocycles. The lowest BCUT2D eigenvalue weighted by Gasteiger charge is -2.61. The van der Waals surface area contributed by atoms with E-state index in [4.69, 9.17) is 6.42 Å². The summed E-state index contributed by atoms with van der Waals surface area (Å²) in [5.74, 6) is 5.40. The van der Waals surface area contributed by atoms with Crippen molar-refractivity contribution in [3.63, 3.8) is 0 Å². The molecule has 4 rings (SSSR count). The lowest BCUT2D eigenvalue weighted by atomic mass is 9.44. The van der Waals surface area contributed by atoms with Crippen LogP contribution in [0.1, 0.15) is 71.6 Å². The van der Waals surface area contributed by atoms with Gasteiger partial charge in [0.2, 0.25) is 0 Å². The van der Waals surface area contributed by atoms with E-state index in [1.165, 1.54) is 25.7 Å². The second-order valence-electron chi connectivity index (χ2n) is 9.58. The van der Waals surface area contributed by atoms with Gasteiger partial charge in [-0.1, -0.05) is 24.9 Å². The quantitative estimate of drug-likeness (QED) is 0.397. The first-order valence-electron chi connectivity index (χ1n) is 9.78. The van der Waals surface area contributed by atoms with Crippen LogP contribution < -0.4 is 0 Å². The molecule has 7 atom stereocenters. The Balaban J connectivity index is 1.62. The smallest absolute Gasteiger partial charge is 0.125 e. The third-order valence-corrected chi connectivity index (χ3v) is 8.86. The fraction of sp³-hybridized carbons (Fsp3) is 0.857. The molecule has 4 unspecified atom stereocenters. The molecule has 4 saturated carbocycles. The number of rotatable bonds is 0. The number of aliphatic hydroxyl groups is 1. The van der Waals surface area contributed by atoms with Crippen LogP contribution in [0.4, 0.5) is 0 Å². The minimum atomic E-state index is -0.871. The van der Waals surface area contributed by atoms with Crippen molar-refractivity contribution < 1.29 is 10.3 Å². The minimum Gasteiger partial charge on any atom is -0.411 e. The molecule has 132 valence electrons. The zero-order valence-corrected chi connectivity index (χ0v) is 15.1. The van der Waals surface area contributed by atoms with Gasteiger partial charge >= 0.3 is 0 Å². The Labute approximate surface area is 145 Å². The summed E-state index contributed by atoms with van der Waals surface area (Å²) >= 11 is 0. The number of nitrogens with zero attached hydrogens (tertiary/aromatic N) is 1. The van der Waals surface area contributed by atoms with Crippen molar-refractivity contribution in [1.29, 1.82) is 0 Å². The summed E-state index contributed by atoms with van der Waals surface area (Å²) in [5.41, 5.74) is 0.618. The van der Waals surface area contributed by atoms with Crippen LogP contribution >= 0.6 is 0 Å². The molecule has 3 nitrogen and oxygen atoms in total. The predicted molar refractivity (Wildman–Crippen MR) is 94.7 cm³/mol. The highest BCUT2D eigenvalue weighted by molar-refractivity contribution is 5.91. The average Bonchev–Trinajstić information content (AvgIpc) is 2.92. The summed E-state index contributed by atoms with van der Waals surface area (Å²) in [4.78, 5) is 0. The zero-order chi connectivity index (χ0) is 17.2. The highest BCUT2D eigenvalue weighted by atomic mass is 16.4. The molecule has 24 heavy (non-hydrogen) atoms. The molecule has 0 aromatic rings. The van der Waals surface area contributed by atoms with Crippen molar-refractivity contribution >= 4 is 5.71 Å². The van der Waals surface area contributed by atoms with Gasteiger partial charge in [-0.15, -0.1) is 6.42 Å². The van der Waals surface area contributed by atoms with Gasteiger partial charge in [-0.05, 0) is 86.9 Å². The minimum absolute atomic E-state index is 0.118. The molecule has 4 aliphatic rings. The van der Waals surface area contributed by atoms with Crippen LogP contribution in [0.25, 0.3) is 0 Å². The second-order valence-corrected chi connectivity index (χ2v) is 9.58. The molecule has 0 amide bonds. The highest BCUT2D eigenvalue weighted by Gasteiger charge is 2.60. The molecule has 3 heteroatoms. The van der Waals surface area contributed by atoms with E-state index in [9.17, 15) is 10.3 Å². The van der Waals surface area contributed by atoms with E-state index >= 15 is 0 Å². The molecule has 0 heterocycles. The van der Waals surface area contributed by atoms with E-state index < -0.39 is 5.60 Å². The SMILES string of the molecule is C#C[C@]1(O)CC[C@@]2(C)C(CCC3C2CC[C@]2(C)/C(=N\O)CCC32)C1. The molecule has 2 N–H and O–H groups in total. The summed E-state index contributed by atoms with van der Waals surface area (Å²) < 4.78 is 0.